The molecule has 1 aromatic heterocycles. The molecule has 4 rings (SSSR count). The first-order chi connectivity index (χ1) is 13.7. The maximum atomic E-state index is 12.6. The lowest BCUT2D eigenvalue weighted by atomic mass is 10.0. The number of nitrogens with one attached hydrogen (secondary N) is 1. The topological polar surface area (TPSA) is 58.1 Å². The number of hydrogen-bond donors (Lipinski definition) is 1. The van der Waals surface area contributed by atoms with Gasteiger partial charge in [-0.3, -0.25) is 9.69 Å². The molecule has 1 amide bonds. The summed E-state index contributed by atoms with van der Waals surface area (Å²) in [6.07, 6.45) is 2.38. The van der Waals surface area contributed by atoms with Crippen LogP contribution in [-0.4, -0.2) is 46.5 Å². The van der Waals surface area contributed by atoms with Crippen molar-refractivity contribution in [2.24, 2.45) is 0 Å². The third kappa shape index (κ3) is 3.76. The molecule has 1 aliphatic rings. The van der Waals surface area contributed by atoms with Crippen molar-refractivity contribution >= 4 is 16.8 Å². The highest BCUT2D eigenvalue weighted by Gasteiger charge is 2.23. The predicted molar refractivity (Wildman–Crippen MR) is 112 cm³/mol. The van der Waals surface area contributed by atoms with Gasteiger partial charge in [-0.15, -0.1) is 0 Å². The van der Waals surface area contributed by atoms with E-state index in [0.717, 1.165) is 47.5 Å². The number of aryl methyl sites for hydroxylation is 1. The van der Waals surface area contributed by atoms with Gasteiger partial charge in [0.15, 0.2) is 0 Å². The maximum absolute atomic E-state index is 12.6. The third-order valence-corrected chi connectivity index (χ3v) is 5.54. The number of likely N-dealkylation sites (N-methyl/N-ethyl adjacent to an activating group) is 1. The molecule has 5 nitrogen and oxygen atoms in total. The van der Waals surface area contributed by atoms with Crippen molar-refractivity contribution in [2.75, 3.05) is 19.6 Å². The van der Waals surface area contributed by atoms with Crippen molar-refractivity contribution in [3.63, 3.8) is 0 Å². The van der Waals surface area contributed by atoms with E-state index in [-0.39, 0.29) is 5.91 Å². The summed E-state index contributed by atoms with van der Waals surface area (Å²) in [5, 5.41) is 4.12. The van der Waals surface area contributed by atoms with E-state index in [0.29, 0.717) is 18.2 Å². The van der Waals surface area contributed by atoms with E-state index in [4.69, 9.17) is 0 Å². The Morgan fingerprint density at radius 2 is 1.93 bits per heavy atom. The summed E-state index contributed by atoms with van der Waals surface area (Å²) >= 11 is 0. The van der Waals surface area contributed by atoms with Crippen molar-refractivity contribution < 1.29 is 4.79 Å². The molecule has 1 aliphatic heterocycles. The van der Waals surface area contributed by atoms with Crippen LogP contribution in [0.5, 0.6) is 0 Å². The molecule has 5 heteroatoms. The van der Waals surface area contributed by atoms with Crippen LogP contribution in [0.25, 0.3) is 22.2 Å². The Bertz CT molecular complexity index is 984. The highest BCUT2D eigenvalue weighted by atomic mass is 16.1. The Balaban J connectivity index is 1.51. The van der Waals surface area contributed by atoms with Gasteiger partial charge in [0.25, 0.3) is 5.91 Å². The molecule has 1 saturated heterocycles. The quantitative estimate of drug-likeness (QED) is 0.738. The van der Waals surface area contributed by atoms with Gasteiger partial charge < -0.3 is 5.32 Å². The van der Waals surface area contributed by atoms with Crippen LogP contribution in [0.1, 0.15) is 35.9 Å². The number of rotatable bonds is 5. The number of hydrogen-bond acceptors (Lipinski definition) is 4. The third-order valence-electron chi connectivity index (χ3n) is 5.54. The van der Waals surface area contributed by atoms with E-state index in [1.165, 1.54) is 6.42 Å². The lowest BCUT2D eigenvalue weighted by molar-refractivity contribution is 0.0941. The summed E-state index contributed by atoms with van der Waals surface area (Å²) in [6, 6.07) is 16.2. The minimum atomic E-state index is -0.0155. The molecular weight excluding hydrogens is 348 g/mol. The fourth-order valence-electron chi connectivity index (χ4n) is 4.05. The minimum Gasteiger partial charge on any atom is -0.350 e. The van der Waals surface area contributed by atoms with Crippen LogP contribution in [0.2, 0.25) is 0 Å². The summed E-state index contributed by atoms with van der Waals surface area (Å²) < 4.78 is 0. The first-order valence-electron chi connectivity index (χ1n) is 10.0. The van der Waals surface area contributed by atoms with Crippen LogP contribution >= 0.6 is 0 Å². The van der Waals surface area contributed by atoms with Crippen LogP contribution in [0.15, 0.2) is 48.5 Å². The van der Waals surface area contributed by atoms with E-state index in [1.807, 2.05) is 55.5 Å². The number of carbonyl (C=O) groups excluding carboxylic acids is 1. The van der Waals surface area contributed by atoms with Gasteiger partial charge in [0.1, 0.15) is 5.82 Å². The van der Waals surface area contributed by atoms with Gasteiger partial charge in [0.2, 0.25) is 0 Å². The van der Waals surface area contributed by atoms with Gasteiger partial charge in [-0.2, -0.15) is 0 Å². The predicted octanol–water partition coefficient (Wildman–Crippen LogP) is 3.82. The summed E-state index contributed by atoms with van der Waals surface area (Å²) in [5.41, 5.74) is 3.51. The van der Waals surface area contributed by atoms with Crippen molar-refractivity contribution in [1.29, 1.82) is 0 Å². The highest BCUT2D eigenvalue weighted by molar-refractivity contribution is 5.96. The Hall–Kier alpha value is -2.79. The Kier molecular flexibility index (Phi) is 5.35. The summed E-state index contributed by atoms with van der Waals surface area (Å²) in [7, 11) is 0. The van der Waals surface area contributed by atoms with Gasteiger partial charge in [-0.25, -0.2) is 9.97 Å². The van der Waals surface area contributed by atoms with Crippen molar-refractivity contribution in [2.45, 2.75) is 32.7 Å². The van der Waals surface area contributed by atoms with Gasteiger partial charge in [-0.05, 0) is 51.1 Å². The normalized spacial score (nSPS) is 17.1. The zero-order chi connectivity index (χ0) is 19.5. The smallest absolute Gasteiger partial charge is 0.251 e. The first-order valence-corrected chi connectivity index (χ1v) is 10.0. The van der Waals surface area contributed by atoms with Crippen LogP contribution < -0.4 is 5.32 Å². The van der Waals surface area contributed by atoms with Gasteiger partial charge in [0, 0.05) is 29.1 Å². The second kappa shape index (κ2) is 8.07. The number of aromatic nitrogens is 2. The lowest BCUT2D eigenvalue weighted by Gasteiger charge is -2.22. The number of likely N-dealkylation sites (tertiary alicyclic amines) is 1. The minimum absolute atomic E-state index is 0.0155. The van der Waals surface area contributed by atoms with E-state index < -0.39 is 0 Å². The molecule has 1 fully saturated rings. The monoisotopic (exact) mass is 374 g/mol. The van der Waals surface area contributed by atoms with Crippen molar-refractivity contribution in [3.05, 3.63) is 59.9 Å². The molecule has 3 aromatic rings. The highest BCUT2D eigenvalue weighted by Crippen LogP contribution is 2.26. The second-order valence-electron chi connectivity index (χ2n) is 7.35. The van der Waals surface area contributed by atoms with Crippen LogP contribution in [0, 0.1) is 6.92 Å². The molecule has 144 valence electrons. The molecule has 2 aromatic carbocycles. The number of para-hydroxylation sites is 1. The molecule has 0 bridgehead atoms. The zero-order valence-corrected chi connectivity index (χ0v) is 16.5. The molecule has 1 N–H and O–H groups in total. The molecule has 28 heavy (non-hydrogen) atoms. The molecule has 0 radical (unpaired) electrons. The fraction of sp³-hybridized carbons (Fsp3) is 0.348. The average Bonchev–Trinajstić information content (AvgIpc) is 3.19. The number of carbonyl (C=O) groups is 1. The molecule has 0 unspecified atom stereocenters. The van der Waals surface area contributed by atoms with Gasteiger partial charge in [0.05, 0.1) is 11.2 Å². The molecule has 2 heterocycles. The van der Waals surface area contributed by atoms with Crippen molar-refractivity contribution in [3.8, 4) is 11.3 Å². The summed E-state index contributed by atoms with van der Waals surface area (Å²) in [5.74, 6) is 0.728. The largest absolute Gasteiger partial charge is 0.350 e. The van der Waals surface area contributed by atoms with E-state index in [9.17, 15) is 4.79 Å². The maximum Gasteiger partial charge on any atom is 0.251 e. The summed E-state index contributed by atoms with van der Waals surface area (Å²) in [6.45, 7) is 6.97. The number of amides is 1. The zero-order valence-electron chi connectivity index (χ0n) is 16.5. The van der Waals surface area contributed by atoms with Crippen LogP contribution in [-0.2, 0) is 0 Å². The first kappa shape index (κ1) is 18.6. The SMILES string of the molecule is CCN1CCC[C@H]1CNC(=O)c1ccc(-c2nc(C)nc3ccccc23)cc1. The van der Waals surface area contributed by atoms with Gasteiger partial charge >= 0.3 is 0 Å². The molecule has 0 saturated carbocycles. The molecule has 0 spiro atoms. The Morgan fingerprint density at radius 3 is 2.71 bits per heavy atom. The van der Waals surface area contributed by atoms with Gasteiger partial charge in [-0.1, -0.05) is 37.3 Å². The Labute approximate surface area is 165 Å². The van der Waals surface area contributed by atoms with E-state index in [2.05, 4.69) is 27.1 Å². The molecule has 0 aliphatic carbocycles. The molecular formula is C23H26N4O. The van der Waals surface area contributed by atoms with E-state index in [1.54, 1.807) is 0 Å². The Morgan fingerprint density at radius 1 is 1.14 bits per heavy atom. The number of nitrogens with zero attached hydrogens (tertiary/aromatic N) is 3. The number of fused-ring (bicyclic) bond motifs is 1. The standard InChI is InChI=1S/C23H26N4O/c1-3-27-14-6-7-19(27)15-24-23(28)18-12-10-17(11-13-18)22-20-8-4-5-9-21(20)25-16(2)26-22/h4-5,8-13,19H,3,6-7,14-15H2,1-2H3,(H,24,28)/t19-/m0/s1. The lowest BCUT2D eigenvalue weighted by Crippen LogP contribution is -2.40. The number of benzene rings is 2. The second-order valence-corrected chi connectivity index (χ2v) is 7.35. The van der Waals surface area contributed by atoms with Crippen molar-refractivity contribution in [1.82, 2.24) is 20.2 Å². The fourth-order valence-corrected chi connectivity index (χ4v) is 4.05. The van der Waals surface area contributed by atoms with Crippen LogP contribution in [0.3, 0.4) is 0 Å². The van der Waals surface area contributed by atoms with Crippen LogP contribution in [0.4, 0.5) is 0 Å². The summed E-state index contributed by atoms with van der Waals surface area (Å²) in [4.78, 5) is 24.1. The van der Waals surface area contributed by atoms with E-state index >= 15 is 0 Å². The average molecular weight is 374 g/mol. The molecule has 1 atom stereocenters.